The summed E-state index contributed by atoms with van der Waals surface area (Å²) in [5.74, 6) is 0. The molecule has 0 rings (SSSR count). The summed E-state index contributed by atoms with van der Waals surface area (Å²) in [6, 6.07) is 0. The van der Waals surface area contributed by atoms with Crippen molar-refractivity contribution in [1.82, 2.24) is 0 Å². The first-order chi connectivity index (χ1) is 7.07. The van der Waals surface area contributed by atoms with E-state index in [2.05, 4.69) is 0 Å². The molecule has 0 unspecified atom stereocenters. The molecule has 0 aromatic carbocycles. The third kappa shape index (κ3) is 446. The standard InChI is InChI=1S/5Al.Eu.10O.Sr/q;;;;;+3;;;;;;5*-1;+2. The van der Waals surface area contributed by atoms with Crippen molar-refractivity contribution in [3.8, 4) is 0 Å². The summed E-state index contributed by atoms with van der Waals surface area (Å²) in [4.78, 5) is 0. The van der Waals surface area contributed by atoms with Gasteiger partial charge in [0.15, 0.2) is 0 Å². The van der Waals surface area contributed by atoms with Gasteiger partial charge in [-0.15, -0.1) is 0 Å². The van der Waals surface area contributed by atoms with Crippen molar-refractivity contribution >= 4 is 123 Å². The molecule has 0 aliphatic carbocycles. The Morgan fingerprint density at radius 1 is 0.471 bits per heavy atom. The Morgan fingerprint density at radius 3 is 0.471 bits per heavy atom. The van der Waals surface area contributed by atoms with Crippen molar-refractivity contribution in [1.29, 1.82) is 0 Å². The fourth-order valence-electron chi connectivity index (χ4n) is 0. The molecule has 0 atom stereocenters. The van der Waals surface area contributed by atoms with Gasteiger partial charge in [0.25, 0.3) is 0 Å². The molecular weight excluding hydrogens is 534 g/mol. The van der Waals surface area contributed by atoms with Crippen molar-refractivity contribution < 1.29 is 89.2 Å². The Balaban J connectivity index is -0.0000000143. The molecule has 84 valence electrons. The molecule has 0 bridgehead atoms. The molecule has 0 amide bonds. The topological polar surface area (TPSA) is 201 Å². The van der Waals surface area contributed by atoms with Crippen LogP contribution in [0, 0.1) is 49.4 Å². The first-order valence-electron chi connectivity index (χ1n) is 2.36. The monoisotopic (exact) mass is 536 g/mol. The van der Waals surface area contributed by atoms with Crippen LogP contribution in [0.5, 0.6) is 0 Å². The van der Waals surface area contributed by atoms with Crippen molar-refractivity contribution in [2.45, 2.75) is 0 Å². The number of rotatable bonds is 0. The molecule has 0 radical (unpaired) electrons. The van der Waals surface area contributed by atoms with Crippen molar-refractivity contribution in [3.05, 3.63) is 0 Å². The Labute approximate surface area is 207 Å². The molecule has 0 spiro atoms. The average Bonchev–Trinajstić information content (AvgIpc) is 2.09. The molecule has 0 aromatic rings. The van der Waals surface area contributed by atoms with Gasteiger partial charge in [-0.3, -0.25) is 0 Å². The van der Waals surface area contributed by atoms with Gasteiger partial charge in [-0.1, -0.05) is 0 Å². The van der Waals surface area contributed by atoms with Crippen LogP contribution in [0.3, 0.4) is 0 Å². The van der Waals surface area contributed by atoms with Crippen LogP contribution in [-0.4, -0.2) is 123 Å². The van der Waals surface area contributed by atoms with Gasteiger partial charge in [-0.25, -0.2) is 0 Å². The van der Waals surface area contributed by atoms with Gasteiger partial charge in [0.05, 0.1) is 0 Å². The van der Waals surface area contributed by atoms with Gasteiger partial charge >= 0.3 is 212 Å². The second kappa shape index (κ2) is 90.8. The van der Waals surface area contributed by atoms with E-state index in [0.717, 1.165) is 0 Å². The van der Waals surface area contributed by atoms with Crippen LogP contribution >= 0.6 is 0 Å². The molecule has 0 aromatic heterocycles. The summed E-state index contributed by atoms with van der Waals surface area (Å²) in [6.07, 6.45) is 0. The van der Waals surface area contributed by atoms with Gasteiger partial charge in [-0.05, 0) is 0 Å². The van der Waals surface area contributed by atoms with E-state index >= 15 is 0 Å². The minimum Gasteiger partial charge on any atom is 2.00 e. The minimum atomic E-state index is -1.75. The van der Waals surface area contributed by atoms with Crippen molar-refractivity contribution in [2.24, 2.45) is 0 Å². The maximum atomic E-state index is 8.46. The number of hydrogen-bond acceptors (Lipinski definition) is 10. The second-order valence-electron chi connectivity index (χ2n) is 0.481. The third-order valence-electron chi connectivity index (χ3n) is 0. The van der Waals surface area contributed by atoms with Crippen LogP contribution in [0.1, 0.15) is 0 Å². The smallest absolute Gasteiger partial charge is 2.00 e. The largest absolute Gasteiger partial charge is 2.00 e. The van der Waals surface area contributed by atoms with E-state index in [1.807, 2.05) is 0 Å². The Hall–Kier alpha value is 3.73. The van der Waals surface area contributed by atoms with Gasteiger partial charge < -0.3 is 0 Å². The predicted octanol–water partition coefficient (Wildman–Crippen LogP) is -8.82. The molecule has 0 heterocycles. The summed E-state index contributed by atoms with van der Waals surface area (Å²) >= 11 is -8.75. The molecule has 17 heteroatoms. The van der Waals surface area contributed by atoms with Gasteiger partial charge in [-0.2, -0.15) is 0 Å². The van der Waals surface area contributed by atoms with E-state index in [1.54, 1.807) is 0 Å². The van der Waals surface area contributed by atoms with Crippen LogP contribution in [-0.2, 0) is 19.0 Å². The molecule has 0 N–H and O–H groups in total. The summed E-state index contributed by atoms with van der Waals surface area (Å²) in [5, 5.41) is 0. The van der Waals surface area contributed by atoms with Crippen LogP contribution in [0.15, 0.2) is 0 Å². The van der Waals surface area contributed by atoms with Crippen LogP contribution in [0.2, 0.25) is 0 Å². The molecule has 0 saturated heterocycles. The van der Waals surface area contributed by atoms with Crippen LogP contribution in [0.25, 0.3) is 0 Å². The SMILES string of the molecule is [Eu+3].[O]=[Al][O-].[O]=[Al][O-].[O]=[Al][O-].[O]=[Al][O-].[O]=[Al][O-].[Sr+2]. The van der Waals surface area contributed by atoms with Gasteiger partial charge in [0.2, 0.25) is 0 Å². The van der Waals surface area contributed by atoms with E-state index in [0.29, 0.717) is 0 Å². The fraction of sp³-hybridized carbons (Fsp3) is 0. The zero-order valence-electron chi connectivity index (χ0n) is 8.05. The first kappa shape index (κ1) is 42.8. The van der Waals surface area contributed by atoms with Gasteiger partial charge in [0.1, 0.15) is 0 Å². The molecule has 0 fully saturated rings. The Bertz CT molecular complexity index is 97.0. The van der Waals surface area contributed by atoms with Crippen molar-refractivity contribution in [2.75, 3.05) is 0 Å². The molecule has 10 nitrogen and oxygen atoms in total. The van der Waals surface area contributed by atoms with Gasteiger partial charge in [0, 0.05) is 0 Å². The first-order valence-corrected chi connectivity index (χ1v) is 7.07. The van der Waals surface area contributed by atoms with Crippen molar-refractivity contribution in [3.63, 3.8) is 0 Å². The van der Waals surface area contributed by atoms with E-state index in [9.17, 15) is 0 Å². The normalized spacial score (nSPS) is 2.35. The summed E-state index contributed by atoms with van der Waals surface area (Å²) in [5.41, 5.74) is 0. The second-order valence-corrected chi connectivity index (χ2v) is 1.44. The molecule has 0 aliphatic heterocycles. The average molecular weight is 534 g/mol. The van der Waals surface area contributed by atoms with E-state index < -0.39 is 77.4 Å². The molecular formula is Al5EuO10Sr. The van der Waals surface area contributed by atoms with E-state index in [4.69, 9.17) is 39.8 Å². The van der Waals surface area contributed by atoms with E-state index in [1.165, 1.54) is 0 Å². The summed E-state index contributed by atoms with van der Waals surface area (Å²) in [7, 11) is 0. The fourth-order valence-corrected chi connectivity index (χ4v) is 0. The zero-order chi connectivity index (χ0) is 13.5. The maximum absolute atomic E-state index is 8.46. The Kier molecular flexibility index (Phi) is 229. The Morgan fingerprint density at radius 2 is 0.471 bits per heavy atom. The maximum Gasteiger partial charge on any atom is 2.00 e. The quantitative estimate of drug-likeness (QED) is 0.269. The summed E-state index contributed by atoms with van der Waals surface area (Å²) < 4.78 is 84.6. The molecule has 0 saturated carbocycles. The minimum absolute atomic E-state index is 0. The third-order valence-corrected chi connectivity index (χ3v) is 0. The molecule has 17 heavy (non-hydrogen) atoms. The van der Waals surface area contributed by atoms with Crippen LogP contribution < -0.4 is 20.8 Å². The summed E-state index contributed by atoms with van der Waals surface area (Å²) in [6.45, 7) is 0. The van der Waals surface area contributed by atoms with E-state index in [-0.39, 0.29) is 94.9 Å². The predicted molar refractivity (Wildman–Crippen MR) is 38.0 cm³/mol. The van der Waals surface area contributed by atoms with Crippen LogP contribution in [0.4, 0.5) is 0 Å². The zero-order valence-corrected chi connectivity index (χ0v) is 19.7. The molecule has 0 aliphatic rings. The number of hydrogen-bond donors (Lipinski definition) is 0.